The number of nitrogens with zero attached hydrogens (tertiary/aromatic N) is 2. The van der Waals surface area contributed by atoms with Crippen molar-refractivity contribution >= 4 is 71.6 Å². The van der Waals surface area contributed by atoms with E-state index in [0.717, 1.165) is 66.8 Å². The molecule has 3 heteroatoms. The van der Waals surface area contributed by atoms with E-state index in [1.807, 2.05) is 6.07 Å². The van der Waals surface area contributed by atoms with Gasteiger partial charge < -0.3 is 13.9 Å². The zero-order chi connectivity index (χ0) is 40.3. The van der Waals surface area contributed by atoms with E-state index in [9.17, 15) is 0 Å². The molecule has 2 aromatic heterocycles. The Labute approximate surface area is 353 Å². The van der Waals surface area contributed by atoms with Crippen LogP contribution in [-0.2, 0) is 0 Å². The van der Waals surface area contributed by atoms with Gasteiger partial charge in [0.2, 0.25) is 0 Å². The number of hydrogen-bond donors (Lipinski definition) is 0. The van der Waals surface area contributed by atoms with Gasteiger partial charge in [-0.3, -0.25) is 0 Å². The Morgan fingerprint density at radius 1 is 0.328 bits per heavy atom. The minimum absolute atomic E-state index is 0.885. The van der Waals surface area contributed by atoms with E-state index in [-0.39, 0.29) is 0 Å². The Morgan fingerprint density at radius 3 is 1.59 bits per heavy atom. The highest BCUT2D eigenvalue weighted by atomic mass is 16.3. The van der Waals surface area contributed by atoms with Gasteiger partial charge in [-0.05, 0) is 93.7 Å². The van der Waals surface area contributed by atoms with E-state index in [0.29, 0.717) is 0 Å². The average Bonchev–Trinajstić information content (AvgIpc) is 3.88. The fourth-order valence-electron chi connectivity index (χ4n) is 9.27. The van der Waals surface area contributed by atoms with Crippen LogP contribution >= 0.6 is 0 Å². The lowest BCUT2D eigenvalue weighted by Gasteiger charge is -2.27. The molecule has 3 nitrogen and oxygen atoms in total. The highest BCUT2D eigenvalue weighted by Gasteiger charge is 2.22. The molecule has 0 bridgehead atoms. The Kier molecular flexibility index (Phi) is 8.17. The maximum Gasteiger partial charge on any atom is 0.143 e. The first kappa shape index (κ1) is 34.9. The van der Waals surface area contributed by atoms with Crippen molar-refractivity contribution < 1.29 is 4.42 Å². The van der Waals surface area contributed by atoms with Gasteiger partial charge in [0, 0.05) is 49.7 Å². The van der Waals surface area contributed by atoms with Gasteiger partial charge >= 0.3 is 0 Å². The second-order valence-corrected chi connectivity index (χ2v) is 15.7. The Bertz CT molecular complexity index is 3520. The van der Waals surface area contributed by atoms with Crippen molar-refractivity contribution in [2.75, 3.05) is 4.90 Å². The third kappa shape index (κ3) is 5.90. The molecular formula is C58H38N2O. The predicted octanol–water partition coefficient (Wildman–Crippen LogP) is 16.3. The molecular weight excluding hydrogens is 741 g/mol. The van der Waals surface area contributed by atoms with Crippen LogP contribution in [0.25, 0.3) is 93.6 Å². The molecule has 0 radical (unpaired) electrons. The van der Waals surface area contributed by atoms with Gasteiger partial charge in [0.15, 0.2) is 0 Å². The zero-order valence-corrected chi connectivity index (χ0v) is 33.2. The highest BCUT2D eigenvalue weighted by molar-refractivity contribution is 6.12. The van der Waals surface area contributed by atoms with Crippen LogP contribution in [0.3, 0.4) is 0 Å². The minimum Gasteiger partial charge on any atom is -0.455 e. The third-order valence-corrected chi connectivity index (χ3v) is 12.2. The van der Waals surface area contributed by atoms with Crippen LogP contribution in [0.15, 0.2) is 235 Å². The SMILES string of the molecule is c1ccc(-c2ccc(N(c3ccc(-c4ccc5ccccc5c4)cc3)c3ccc(-c4cccc5c4oc4ccccc45)c(-n4c5ccccc5c5ccccc54)c3)cc2)cc1. The van der Waals surface area contributed by atoms with Gasteiger partial charge in [-0.2, -0.15) is 0 Å². The molecule has 0 amide bonds. The molecule has 0 aliphatic rings. The maximum absolute atomic E-state index is 6.70. The molecule has 12 aromatic rings. The number of para-hydroxylation sites is 4. The first-order chi connectivity index (χ1) is 30.2. The van der Waals surface area contributed by atoms with Gasteiger partial charge in [0.05, 0.1) is 16.7 Å². The molecule has 0 N–H and O–H groups in total. The fourth-order valence-corrected chi connectivity index (χ4v) is 9.27. The summed E-state index contributed by atoms with van der Waals surface area (Å²) in [4.78, 5) is 2.38. The number of furan rings is 1. The summed E-state index contributed by atoms with van der Waals surface area (Å²) in [6, 6.07) is 83.0. The minimum atomic E-state index is 0.885. The number of anilines is 3. The molecule has 12 rings (SSSR count). The molecule has 61 heavy (non-hydrogen) atoms. The van der Waals surface area contributed by atoms with E-state index in [1.165, 1.54) is 43.8 Å². The topological polar surface area (TPSA) is 21.3 Å². The van der Waals surface area contributed by atoms with Gasteiger partial charge in [-0.1, -0.05) is 170 Å². The molecule has 0 aliphatic carbocycles. The predicted molar refractivity (Wildman–Crippen MR) is 257 cm³/mol. The van der Waals surface area contributed by atoms with Crippen LogP contribution in [0.4, 0.5) is 17.1 Å². The lowest BCUT2D eigenvalue weighted by atomic mass is 9.98. The van der Waals surface area contributed by atoms with E-state index in [4.69, 9.17) is 4.42 Å². The molecule has 286 valence electrons. The van der Waals surface area contributed by atoms with Crippen molar-refractivity contribution in [1.29, 1.82) is 0 Å². The number of rotatable bonds is 7. The van der Waals surface area contributed by atoms with Gasteiger partial charge in [0.25, 0.3) is 0 Å². The molecule has 0 spiro atoms. The number of benzene rings is 10. The third-order valence-electron chi connectivity index (χ3n) is 12.2. The average molecular weight is 779 g/mol. The zero-order valence-electron chi connectivity index (χ0n) is 33.2. The second-order valence-electron chi connectivity index (χ2n) is 15.7. The monoisotopic (exact) mass is 778 g/mol. The largest absolute Gasteiger partial charge is 0.455 e. The highest BCUT2D eigenvalue weighted by Crippen LogP contribution is 2.45. The second kappa shape index (κ2) is 14.3. The summed E-state index contributed by atoms with van der Waals surface area (Å²) in [6.07, 6.45) is 0. The molecule has 0 fully saturated rings. The van der Waals surface area contributed by atoms with Gasteiger partial charge in [-0.25, -0.2) is 0 Å². The van der Waals surface area contributed by atoms with E-state index in [2.05, 4.69) is 234 Å². The van der Waals surface area contributed by atoms with Crippen LogP contribution in [0, 0.1) is 0 Å². The molecule has 2 heterocycles. The van der Waals surface area contributed by atoms with Crippen molar-refractivity contribution in [3.05, 3.63) is 231 Å². The van der Waals surface area contributed by atoms with Gasteiger partial charge in [-0.15, -0.1) is 0 Å². The first-order valence-corrected chi connectivity index (χ1v) is 20.8. The smallest absolute Gasteiger partial charge is 0.143 e. The van der Waals surface area contributed by atoms with Crippen molar-refractivity contribution in [1.82, 2.24) is 4.57 Å². The van der Waals surface area contributed by atoms with Crippen LogP contribution in [0.2, 0.25) is 0 Å². The summed E-state index contributed by atoms with van der Waals surface area (Å²) in [5.74, 6) is 0. The fraction of sp³-hybridized carbons (Fsp3) is 0. The summed E-state index contributed by atoms with van der Waals surface area (Å²) in [5, 5.41) is 7.14. The van der Waals surface area contributed by atoms with Crippen LogP contribution in [0.1, 0.15) is 0 Å². The van der Waals surface area contributed by atoms with Crippen molar-refractivity contribution in [2.45, 2.75) is 0 Å². The van der Waals surface area contributed by atoms with E-state index < -0.39 is 0 Å². The summed E-state index contributed by atoms with van der Waals surface area (Å²) in [6.45, 7) is 0. The first-order valence-electron chi connectivity index (χ1n) is 20.8. The summed E-state index contributed by atoms with van der Waals surface area (Å²) < 4.78 is 9.14. The number of aromatic nitrogens is 1. The Hall–Kier alpha value is -8.14. The molecule has 0 unspecified atom stereocenters. The molecule has 0 saturated carbocycles. The van der Waals surface area contributed by atoms with E-state index in [1.54, 1.807) is 0 Å². The van der Waals surface area contributed by atoms with Crippen molar-refractivity contribution in [3.8, 4) is 39.1 Å². The standard InChI is InChI=1S/C58H38N2O/c1-2-13-39(14-3-1)41-27-31-45(32-28-41)59(46-33-29-42(30-34-46)44-26-25-40-15-4-5-16-43(40)37-44)47-35-36-50(52-20-12-21-53-51-19-8-11-24-57(51)61-58(52)53)56(38-47)60-54-22-9-6-17-48(54)49-18-7-10-23-55(49)60/h1-38H. The molecule has 0 saturated heterocycles. The summed E-state index contributed by atoms with van der Waals surface area (Å²) >= 11 is 0. The Morgan fingerprint density at radius 2 is 0.869 bits per heavy atom. The van der Waals surface area contributed by atoms with Crippen LogP contribution < -0.4 is 4.90 Å². The van der Waals surface area contributed by atoms with Crippen molar-refractivity contribution in [3.63, 3.8) is 0 Å². The van der Waals surface area contributed by atoms with Crippen LogP contribution in [0.5, 0.6) is 0 Å². The van der Waals surface area contributed by atoms with Crippen molar-refractivity contribution in [2.24, 2.45) is 0 Å². The lowest BCUT2D eigenvalue weighted by molar-refractivity contribution is 0.670. The normalized spacial score (nSPS) is 11.6. The van der Waals surface area contributed by atoms with E-state index >= 15 is 0 Å². The maximum atomic E-state index is 6.70. The lowest BCUT2D eigenvalue weighted by Crippen LogP contribution is -2.11. The molecule has 0 aliphatic heterocycles. The summed E-state index contributed by atoms with van der Waals surface area (Å²) in [7, 11) is 0. The van der Waals surface area contributed by atoms with Crippen LogP contribution in [-0.4, -0.2) is 4.57 Å². The molecule has 0 atom stereocenters. The number of hydrogen-bond acceptors (Lipinski definition) is 2. The quantitative estimate of drug-likeness (QED) is 0.161. The van der Waals surface area contributed by atoms with Gasteiger partial charge in [0.1, 0.15) is 11.2 Å². The summed E-state index contributed by atoms with van der Waals surface area (Å²) in [5.41, 5.74) is 15.2. The molecule has 10 aromatic carbocycles. The Balaban J connectivity index is 1.08. The number of fused-ring (bicyclic) bond motifs is 7.